The molecule has 1 aromatic carbocycles. The molecule has 0 unspecified atom stereocenters. The molecule has 0 aliphatic rings. The van der Waals surface area contributed by atoms with Gasteiger partial charge in [0.05, 0.1) is 22.6 Å². The molecule has 0 atom stereocenters. The van der Waals surface area contributed by atoms with E-state index in [0.29, 0.717) is 11.6 Å². The fourth-order valence-electron chi connectivity index (χ4n) is 1.75. The number of hydrogen-bond donors (Lipinski definition) is 0. The van der Waals surface area contributed by atoms with Crippen LogP contribution in [-0.4, -0.2) is 15.0 Å². The lowest BCUT2D eigenvalue weighted by Crippen LogP contribution is -1.93. The zero-order chi connectivity index (χ0) is 13.1. The van der Waals surface area contributed by atoms with Gasteiger partial charge in [-0.2, -0.15) is 0 Å². The molecule has 0 spiro atoms. The normalized spacial score (nSPS) is 10.6. The van der Waals surface area contributed by atoms with Crippen LogP contribution in [0.4, 0.5) is 0 Å². The highest BCUT2D eigenvalue weighted by molar-refractivity contribution is 7.10. The number of rotatable bonds is 3. The molecule has 94 valence electrons. The van der Waals surface area contributed by atoms with Crippen LogP contribution in [0.1, 0.15) is 10.7 Å². The zero-order valence-electron chi connectivity index (χ0n) is 9.95. The van der Waals surface area contributed by atoms with Crippen LogP contribution in [0.25, 0.3) is 11.3 Å². The second-order valence-electron chi connectivity index (χ2n) is 4.00. The highest BCUT2D eigenvalue weighted by Crippen LogP contribution is 2.22. The molecular weight excluding hydrogens is 278 g/mol. The van der Waals surface area contributed by atoms with Gasteiger partial charge in [0.25, 0.3) is 0 Å². The minimum Gasteiger partial charge on any atom is -0.260 e. The molecule has 2 heterocycles. The third-order valence-corrected chi connectivity index (χ3v) is 3.64. The summed E-state index contributed by atoms with van der Waals surface area (Å²) >= 11 is 7.44. The fourth-order valence-corrected chi connectivity index (χ4v) is 2.74. The third-order valence-electron chi connectivity index (χ3n) is 2.61. The quantitative estimate of drug-likeness (QED) is 0.734. The molecule has 0 aliphatic carbocycles. The summed E-state index contributed by atoms with van der Waals surface area (Å²) in [4.78, 5) is 12.9. The average molecular weight is 288 g/mol. The van der Waals surface area contributed by atoms with E-state index in [0.717, 1.165) is 22.0 Å². The van der Waals surface area contributed by atoms with Crippen molar-refractivity contribution in [1.29, 1.82) is 0 Å². The number of nitrogens with zero attached hydrogens (tertiary/aromatic N) is 3. The molecule has 3 nitrogen and oxygen atoms in total. The minimum absolute atomic E-state index is 0.414. The third kappa shape index (κ3) is 2.97. The maximum Gasteiger partial charge on any atom is 0.147 e. The van der Waals surface area contributed by atoms with E-state index in [-0.39, 0.29) is 0 Å². The Labute approximate surface area is 120 Å². The SMILES string of the molecule is Clc1cncc(Cc2nc(-c3ccccc3)cs2)n1. The first kappa shape index (κ1) is 12.3. The van der Waals surface area contributed by atoms with Crippen molar-refractivity contribution in [2.45, 2.75) is 6.42 Å². The van der Waals surface area contributed by atoms with Gasteiger partial charge in [0.15, 0.2) is 0 Å². The predicted molar refractivity (Wildman–Crippen MR) is 77.4 cm³/mol. The number of benzene rings is 1. The molecule has 0 radical (unpaired) electrons. The Morgan fingerprint density at radius 1 is 1.05 bits per heavy atom. The molecule has 0 bridgehead atoms. The van der Waals surface area contributed by atoms with Gasteiger partial charge >= 0.3 is 0 Å². The van der Waals surface area contributed by atoms with Gasteiger partial charge in [-0.25, -0.2) is 9.97 Å². The van der Waals surface area contributed by atoms with E-state index in [2.05, 4.69) is 32.5 Å². The number of halogens is 1. The summed E-state index contributed by atoms with van der Waals surface area (Å²) in [6.45, 7) is 0. The first-order chi connectivity index (χ1) is 9.31. The van der Waals surface area contributed by atoms with Gasteiger partial charge < -0.3 is 0 Å². The number of aromatic nitrogens is 3. The van der Waals surface area contributed by atoms with Crippen LogP contribution >= 0.6 is 22.9 Å². The first-order valence-electron chi connectivity index (χ1n) is 5.77. The highest BCUT2D eigenvalue weighted by Gasteiger charge is 2.06. The molecule has 0 N–H and O–H groups in total. The monoisotopic (exact) mass is 287 g/mol. The van der Waals surface area contributed by atoms with E-state index < -0.39 is 0 Å². The number of hydrogen-bond acceptors (Lipinski definition) is 4. The second kappa shape index (κ2) is 5.47. The van der Waals surface area contributed by atoms with Crippen LogP contribution in [0.5, 0.6) is 0 Å². The van der Waals surface area contributed by atoms with Gasteiger partial charge in [-0.15, -0.1) is 11.3 Å². The van der Waals surface area contributed by atoms with Crippen LogP contribution in [0.15, 0.2) is 48.1 Å². The summed E-state index contributed by atoms with van der Waals surface area (Å²) in [7, 11) is 0. The lowest BCUT2D eigenvalue weighted by atomic mass is 10.2. The predicted octanol–water partition coefficient (Wildman–Crippen LogP) is 3.84. The second-order valence-corrected chi connectivity index (χ2v) is 5.33. The van der Waals surface area contributed by atoms with E-state index in [1.165, 1.54) is 6.20 Å². The summed E-state index contributed by atoms with van der Waals surface area (Å²) in [6, 6.07) is 10.1. The van der Waals surface area contributed by atoms with Crippen molar-refractivity contribution in [1.82, 2.24) is 15.0 Å². The molecule has 0 saturated carbocycles. The smallest absolute Gasteiger partial charge is 0.147 e. The lowest BCUT2D eigenvalue weighted by Gasteiger charge is -1.97. The minimum atomic E-state index is 0.414. The average Bonchev–Trinajstić information content (AvgIpc) is 2.88. The zero-order valence-corrected chi connectivity index (χ0v) is 11.5. The van der Waals surface area contributed by atoms with Crippen LogP contribution in [0.3, 0.4) is 0 Å². The van der Waals surface area contributed by atoms with Crippen LogP contribution in [-0.2, 0) is 6.42 Å². The summed E-state index contributed by atoms with van der Waals surface area (Å²) in [5.74, 6) is 0. The van der Waals surface area contributed by atoms with Crippen LogP contribution in [0.2, 0.25) is 5.15 Å². The standard InChI is InChI=1S/C14H10ClN3S/c15-13-8-16-7-11(17-13)6-14-18-12(9-19-14)10-4-2-1-3-5-10/h1-5,7-9H,6H2. The van der Waals surface area contributed by atoms with Crippen molar-refractivity contribution < 1.29 is 0 Å². The highest BCUT2D eigenvalue weighted by atomic mass is 35.5. The summed E-state index contributed by atoms with van der Waals surface area (Å²) in [5, 5.41) is 3.48. The van der Waals surface area contributed by atoms with Gasteiger partial charge in [-0.3, -0.25) is 4.98 Å². The van der Waals surface area contributed by atoms with Crippen molar-refractivity contribution in [3.05, 3.63) is 64.0 Å². The van der Waals surface area contributed by atoms with E-state index in [1.807, 2.05) is 18.2 Å². The lowest BCUT2D eigenvalue weighted by molar-refractivity contribution is 1.02. The molecule has 5 heteroatoms. The topological polar surface area (TPSA) is 38.7 Å². The maximum absolute atomic E-state index is 5.82. The Kier molecular flexibility index (Phi) is 3.53. The van der Waals surface area contributed by atoms with E-state index in [4.69, 9.17) is 11.6 Å². The molecule has 0 aliphatic heterocycles. The Bertz CT molecular complexity index is 682. The Morgan fingerprint density at radius 3 is 2.68 bits per heavy atom. The van der Waals surface area contributed by atoms with Crippen molar-refractivity contribution in [2.75, 3.05) is 0 Å². The van der Waals surface area contributed by atoms with Crippen molar-refractivity contribution in [3.8, 4) is 11.3 Å². The fraction of sp³-hybridized carbons (Fsp3) is 0.0714. The van der Waals surface area contributed by atoms with Crippen molar-refractivity contribution >= 4 is 22.9 Å². The molecule has 0 amide bonds. The first-order valence-corrected chi connectivity index (χ1v) is 7.03. The van der Waals surface area contributed by atoms with Gasteiger partial charge in [0, 0.05) is 23.6 Å². The number of thiazole rings is 1. The van der Waals surface area contributed by atoms with Gasteiger partial charge in [0.1, 0.15) is 5.15 Å². The van der Waals surface area contributed by atoms with Gasteiger partial charge in [0.2, 0.25) is 0 Å². The Morgan fingerprint density at radius 2 is 1.89 bits per heavy atom. The summed E-state index contributed by atoms with van der Waals surface area (Å²) in [5.41, 5.74) is 2.96. The molecule has 0 saturated heterocycles. The summed E-state index contributed by atoms with van der Waals surface area (Å²) < 4.78 is 0. The molecule has 3 rings (SSSR count). The Balaban J connectivity index is 1.82. The van der Waals surface area contributed by atoms with E-state index in [9.17, 15) is 0 Å². The molecular formula is C14H10ClN3S. The van der Waals surface area contributed by atoms with Gasteiger partial charge in [-0.05, 0) is 0 Å². The largest absolute Gasteiger partial charge is 0.260 e. The molecule has 0 fully saturated rings. The van der Waals surface area contributed by atoms with Crippen molar-refractivity contribution in [3.63, 3.8) is 0 Å². The van der Waals surface area contributed by atoms with E-state index in [1.54, 1.807) is 17.5 Å². The summed E-state index contributed by atoms with van der Waals surface area (Å²) in [6.07, 6.45) is 3.91. The molecule has 2 aromatic heterocycles. The van der Waals surface area contributed by atoms with E-state index >= 15 is 0 Å². The maximum atomic E-state index is 5.82. The Hall–Kier alpha value is -1.78. The molecule has 3 aromatic rings. The van der Waals surface area contributed by atoms with Gasteiger partial charge in [-0.1, -0.05) is 41.9 Å². The molecule has 19 heavy (non-hydrogen) atoms. The van der Waals surface area contributed by atoms with Crippen LogP contribution in [0, 0.1) is 0 Å². The van der Waals surface area contributed by atoms with Crippen LogP contribution < -0.4 is 0 Å². The van der Waals surface area contributed by atoms with Crippen molar-refractivity contribution in [2.24, 2.45) is 0 Å².